The molecule has 182 valence electrons. The first-order valence-corrected chi connectivity index (χ1v) is 11.8. The largest absolute Gasteiger partial charge is 0.372 e. The minimum atomic E-state index is -3.90. The van der Waals surface area contributed by atoms with Crippen LogP contribution in [0.3, 0.4) is 0 Å². The lowest BCUT2D eigenvalue weighted by molar-refractivity contribution is -0.384. The molecule has 0 fully saturated rings. The zero-order valence-electron chi connectivity index (χ0n) is 18.9. The summed E-state index contributed by atoms with van der Waals surface area (Å²) in [4.78, 5) is 37.0. The van der Waals surface area contributed by atoms with Crippen molar-refractivity contribution in [3.63, 3.8) is 0 Å². The summed E-state index contributed by atoms with van der Waals surface area (Å²) in [7, 11) is -0.633. The average molecular weight is 498 g/mol. The van der Waals surface area contributed by atoms with Crippen molar-refractivity contribution in [2.75, 3.05) is 19.0 Å². The standard InChI is InChI=1S/C23H23N5O6S/c1-27(2)20-12-11-18(14-21(20)28(31)32)23(30)26-25-22(29)17-9-6-10-19(13-17)35(33,34)24-15-16-7-4-3-5-8-16/h3-14,24H,15H2,1-2H3,(H,25,29)(H,26,30). The smallest absolute Gasteiger partial charge is 0.293 e. The number of nitrogens with zero attached hydrogens (tertiary/aromatic N) is 2. The molecule has 0 aliphatic rings. The summed E-state index contributed by atoms with van der Waals surface area (Å²) < 4.78 is 27.7. The van der Waals surface area contributed by atoms with Crippen LogP contribution in [0.1, 0.15) is 26.3 Å². The Morgan fingerprint density at radius 1 is 0.886 bits per heavy atom. The van der Waals surface area contributed by atoms with E-state index in [1.807, 2.05) is 6.07 Å². The molecule has 3 aromatic carbocycles. The molecule has 0 heterocycles. The summed E-state index contributed by atoms with van der Waals surface area (Å²) in [6.45, 7) is 0.0778. The average Bonchev–Trinajstić information content (AvgIpc) is 2.86. The van der Waals surface area contributed by atoms with Crippen molar-refractivity contribution in [1.29, 1.82) is 0 Å². The molecule has 0 radical (unpaired) electrons. The summed E-state index contributed by atoms with van der Waals surface area (Å²) in [6.07, 6.45) is 0. The Kier molecular flexibility index (Phi) is 7.79. The van der Waals surface area contributed by atoms with Crippen molar-refractivity contribution >= 4 is 33.2 Å². The van der Waals surface area contributed by atoms with Crippen LogP contribution in [-0.2, 0) is 16.6 Å². The van der Waals surface area contributed by atoms with E-state index in [0.717, 1.165) is 11.6 Å². The van der Waals surface area contributed by atoms with Crippen molar-refractivity contribution in [2.24, 2.45) is 0 Å². The van der Waals surface area contributed by atoms with Crippen LogP contribution >= 0.6 is 0 Å². The highest BCUT2D eigenvalue weighted by Crippen LogP contribution is 2.27. The van der Waals surface area contributed by atoms with E-state index in [0.29, 0.717) is 5.69 Å². The molecule has 35 heavy (non-hydrogen) atoms. The first-order valence-electron chi connectivity index (χ1n) is 10.3. The fourth-order valence-corrected chi connectivity index (χ4v) is 4.17. The number of nitrogens with one attached hydrogen (secondary N) is 3. The molecule has 11 nitrogen and oxygen atoms in total. The van der Waals surface area contributed by atoms with Crippen LogP contribution in [0.15, 0.2) is 77.7 Å². The number of rotatable bonds is 8. The van der Waals surface area contributed by atoms with E-state index in [4.69, 9.17) is 0 Å². The molecule has 2 amide bonds. The topological polar surface area (TPSA) is 151 Å². The van der Waals surface area contributed by atoms with Crippen LogP contribution in [0.5, 0.6) is 0 Å². The predicted octanol–water partition coefficient (Wildman–Crippen LogP) is 2.21. The highest BCUT2D eigenvalue weighted by Gasteiger charge is 2.20. The number of anilines is 1. The SMILES string of the molecule is CN(C)c1ccc(C(=O)NNC(=O)c2cccc(S(=O)(=O)NCc3ccccc3)c2)cc1[N+](=O)[O-]. The Morgan fingerprint density at radius 3 is 2.11 bits per heavy atom. The fraction of sp³-hybridized carbons (Fsp3) is 0.130. The molecule has 0 aliphatic carbocycles. The number of nitro groups is 1. The lowest BCUT2D eigenvalue weighted by Crippen LogP contribution is -2.41. The maximum atomic E-state index is 12.6. The van der Waals surface area contributed by atoms with E-state index in [1.54, 1.807) is 38.4 Å². The molecule has 12 heteroatoms. The van der Waals surface area contributed by atoms with Crippen LogP contribution < -0.4 is 20.5 Å². The molecule has 3 aromatic rings. The van der Waals surface area contributed by atoms with E-state index < -0.39 is 26.8 Å². The van der Waals surface area contributed by atoms with E-state index in [-0.39, 0.29) is 28.3 Å². The number of carbonyl (C=O) groups excluding carboxylic acids is 2. The van der Waals surface area contributed by atoms with Crippen LogP contribution in [-0.4, -0.2) is 39.3 Å². The molecule has 0 aromatic heterocycles. The van der Waals surface area contributed by atoms with Gasteiger partial charge in [0.2, 0.25) is 10.0 Å². The lowest BCUT2D eigenvalue weighted by atomic mass is 10.1. The number of hydrogen-bond acceptors (Lipinski definition) is 7. The number of nitro benzene ring substituents is 1. The van der Waals surface area contributed by atoms with Gasteiger partial charge in [0.05, 0.1) is 9.82 Å². The van der Waals surface area contributed by atoms with Crippen LogP contribution in [0.4, 0.5) is 11.4 Å². The molecule has 0 saturated carbocycles. The second kappa shape index (κ2) is 10.8. The summed E-state index contributed by atoms with van der Waals surface area (Å²) in [5.41, 5.74) is 5.13. The van der Waals surface area contributed by atoms with Gasteiger partial charge in [-0.05, 0) is 35.9 Å². The summed E-state index contributed by atoms with van der Waals surface area (Å²) in [5.74, 6) is -1.54. The predicted molar refractivity (Wildman–Crippen MR) is 129 cm³/mol. The highest BCUT2D eigenvalue weighted by molar-refractivity contribution is 7.89. The molecule has 0 atom stereocenters. The minimum Gasteiger partial charge on any atom is -0.372 e. The van der Waals surface area contributed by atoms with Gasteiger partial charge >= 0.3 is 0 Å². The van der Waals surface area contributed by atoms with E-state index >= 15 is 0 Å². The van der Waals surface area contributed by atoms with Crippen molar-refractivity contribution in [2.45, 2.75) is 11.4 Å². The molecular formula is C23H23N5O6S. The minimum absolute atomic E-state index is 0.0122. The molecule has 3 N–H and O–H groups in total. The summed E-state index contributed by atoms with van der Waals surface area (Å²) in [6, 6.07) is 18.2. The third kappa shape index (κ3) is 6.40. The van der Waals surface area contributed by atoms with Crippen LogP contribution in [0, 0.1) is 10.1 Å². The number of hydrogen-bond donors (Lipinski definition) is 3. The van der Waals surface area contributed by atoms with Gasteiger partial charge in [-0.1, -0.05) is 36.4 Å². The van der Waals surface area contributed by atoms with Gasteiger partial charge in [0, 0.05) is 37.8 Å². The van der Waals surface area contributed by atoms with E-state index in [1.165, 1.54) is 41.3 Å². The Morgan fingerprint density at radius 2 is 1.51 bits per heavy atom. The third-order valence-corrected chi connectivity index (χ3v) is 6.32. The Labute approximate surface area is 201 Å². The molecule has 0 bridgehead atoms. The van der Waals surface area contributed by atoms with Gasteiger partial charge in [0.25, 0.3) is 17.5 Å². The van der Waals surface area contributed by atoms with Crippen molar-refractivity contribution in [1.82, 2.24) is 15.6 Å². The number of benzene rings is 3. The number of carbonyl (C=O) groups is 2. The van der Waals surface area contributed by atoms with Gasteiger partial charge in [-0.3, -0.25) is 30.6 Å². The van der Waals surface area contributed by atoms with Gasteiger partial charge in [-0.2, -0.15) is 0 Å². The molecule has 0 spiro atoms. The van der Waals surface area contributed by atoms with E-state index in [2.05, 4.69) is 15.6 Å². The van der Waals surface area contributed by atoms with E-state index in [9.17, 15) is 28.1 Å². The molecule has 0 saturated heterocycles. The number of hydrazine groups is 1. The maximum Gasteiger partial charge on any atom is 0.293 e. The Hall–Kier alpha value is -4.29. The summed E-state index contributed by atoms with van der Waals surface area (Å²) in [5, 5.41) is 11.3. The molecule has 3 rings (SSSR count). The molecule has 0 aliphatic heterocycles. The molecular weight excluding hydrogens is 474 g/mol. The van der Waals surface area contributed by atoms with Crippen LogP contribution in [0.2, 0.25) is 0 Å². The number of amides is 2. The zero-order valence-corrected chi connectivity index (χ0v) is 19.7. The number of sulfonamides is 1. The third-order valence-electron chi connectivity index (χ3n) is 4.92. The van der Waals surface area contributed by atoms with Gasteiger partial charge in [-0.25, -0.2) is 13.1 Å². The normalized spacial score (nSPS) is 10.9. The Bertz CT molecular complexity index is 1360. The van der Waals surface area contributed by atoms with Gasteiger partial charge in [0.1, 0.15) is 5.69 Å². The van der Waals surface area contributed by atoms with Crippen LogP contribution in [0.25, 0.3) is 0 Å². The maximum absolute atomic E-state index is 12.6. The monoisotopic (exact) mass is 497 g/mol. The van der Waals surface area contributed by atoms with Crippen molar-refractivity contribution < 1.29 is 22.9 Å². The zero-order chi connectivity index (χ0) is 25.6. The van der Waals surface area contributed by atoms with Gasteiger partial charge in [-0.15, -0.1) is 0 Å². The highest BCUT2D eigenvalue weighted by atomic mass is 32.2. The Balaban J connectivity index is 1.67. The van der Waals surface area contributed by atoms with Gasteiger partial charge in [0.15, 0.2) is 0 Å². The summed E-state index contributed by atoms with van der Waals surface area (Å²) >= 11 is 0. The van der Waals surface area contributed by atoms with Crippen molar-refractivity contribution in [3.8, 4) is 0 Å². The molecule has 0 unspecified atom stereocenters. The lowest BCUT2D eigenvalue weighted by Gasteiger charge is -2.13. The second-order valence-electron chi connectivity index (χ2n) is 7.60. The quantitative estimate of drug-likeness (QED) is 0.319. The van der Waals surface area contributed by atoms with Crippen molar-refractivity contribution in [3.05, 3.63) is 99.6 Å². The first-order chi connectivity index (χ1) is 16.6. The fourth-order valence-electron chi connectivity index (χ4n) is 3.11. The first kappa shape index (κ1) is 25.3. The van der Waals surface area contributed by atoms with Gasteiger partial charge < -0.3 is 4.90 Å². The second-order valence-corrected chi connectivity index (χ2v) is 9.37.